The first-order valence-corrected chi connectivity index (χ1v) is 7.66. The average molecular weight is 255 g/mol. The zero-order chi connectivity index (χ0) is 13.1. The number of sulfone groups is 1. The Morgan fingerprint density at radius 1 is 1.29 bits per heavy atom. The van der Waals surface area contributed by atoms with Crippen LogP contribution >= 0.6 is 0 Å². The smallest absolute Gasteiger partial charge is 0.178 e. The topological polar surface area (TPSA) is 60.2 Å². The molecule has 0 bridgehead atoms. The van der Waals surface area contributed by atoms with Gasteiger partial charge in [0.25, 0.3) is 0 Å². The highest BCUT2D eigenvalue weighted by Gasteiger charge is 2.19. The van der Waals surface area contributed by atoms with Crippen molar-refractivity contribution in [3.8, 4) is 0 Å². The zero-order valence-electron chi connectivity index (χ0n) is 10.7. The van der Waals surface area contributed by atoms with Gasteiger partial charge in [0.2, 0.25) is 0 Å². The first-order valence-electron chi connectivity index (χ1n) is 6.01. The van der Waals surface area contributed by atoms with E-state index in [9.17, 15) is 8.42 Å². The third-order valence-electron chi connectivity index (χ3n) is 2.88. The molecule has 1 aromatic rings. The summed E-state index contributed by atoms with van der Waals surface area (Å²) in [4.78, 5) is 0.395. The molecule has 0 radical (unpaired) electrons. The van der Waals surface area contributed by atoms with Crippen LogP contribution in [0.25, 0.3) is 0 Å². The van der Waals surface area contributed by atoms with Crippen molar-refractivity contribution < 1.29 is 8.42 Å². The summed E-state index contributed by atoms with van der Waals surface area (Å²) < 4.78 is 24.0. The fourth-order valence-electron chi connectivity index (χ4n) is 1.86. The summed E-state index contributed by atoms with van der Waals surface area (Å²) in [5, 5.41) is 0. The Hall–Kier alpha value is -0.870. The van der Waals surface area contributed by atoms with Gasteiger partial charge in [-0.25, -0.2) is 8.42 Å². The molecule has 1 unspecified atom stereocenters. The minimum atomic E-state index is -3.19. The number of hydrogen-bond donors (Lipinski definition) is 1. The first kappa shape index (κ1) is 14.2. The van der Waals surface area contributed by atoms with E-state index in [1.807, 2.05) is 26.0 Å². The number of aryl methyl sites for hydroxylation is 1. The Labute approximate surface area is 104 Å². The lowest BCUT2D eigenvalue weighted by atomic mass is 10.0. The van der Waals surface area contributed by atoms with Crippen molar-refractivity contribution in [1.82, 2.24) is 0 Å². The van der Waals surface area contributed by atoms with Crippen LogP contribution in [-0.4, -0.2) is 14.2 Å². The maximum absolute atomic E-state index is 12.0. The number of rotatable bonds is 5. The fraction of sp³-hybridized carbons (Fsp3) is 0.538. The van der Waals surface area contributed by atoms with Crippen LogP contribution in [0.2, 0.25) is 0 Å². The maximum atomic E-state index is 12.0. The van der Waals surface area contributed by atoms with Gasteiger partial charge in [-0.2, -0.15) is 0 Å². The van der Waals surface area contributed by atoms with Gasteiger partial charge >= 0.3 is 0 Å². The Bertz CT molecular complexity index is 480. The highest BCUT2D eigenvalue weighted by atomic mass is 32.2. The van der Waals surface area contributed by atoms with Gasteiger partial charge in [-0.05, 0) is 25.0 Å². The second-order valence-electron chi connectivity index (χ2n) is 4.34. The standard InChI is InChI=1S/C13H21NO2S/c1-4-6-12(14)11-9-10(3)7-8-13(11)17(15,16)5-2/h7-9,12H,4-6,14H2,1-3H3. The van der Waals surface area contributed by atoms with E-state index >= 15 is 0 Å². The molecule has 0 fully saturated rings. The minimum Gasteiger partial charge on any atom is -0.324 e. The molecule has 0 spiro atoms. The number of benzene rings is 1. The van der Waals surface area contributed by atoms with Gasteiger partial charge < -0.3 is 5.73 Å². The van der Waals surface area contributed by atoms with Crippen LogP contribution in [0.1, 0.15) is 43.9 Å². The van der Waals surface area contributed by atoms with Crippen LogP contribution in [-0.2, 0) is 9.84 Å². The van der Waals surface area contributed by atoms with E-state index in [1.165, 1.54) is 0 Å². The fourth-order valence-corrected chi connectivity index (χ4v) is 3.02. The van der Waals surface area contributed by atoms with Crippen LogP contribution in [0.5, 0.6) is 0 Å². The summed E-state index contributed by atoms with van der Waals surface area (Å²) in [6, 6.07) is 5.20. The van der Waals surface area contributed by atoms with Crippen molar-refractivity contribution in [2.75, 3.05) is 5.75 Å². The van der Waals surface area contributed by atoms with Crippen molar-refractivity contribution in [2.24, 2.45) is 5.73 Å². The van der Waals surface area contributed by atoms with Crippen LogP contribution < -0.4 is 5.73 Å². The van der Waals surface area contributed by atoms with Crippen molar-refractivity contribution in [3.63, 3.8) is 0 Å². The predicted octanol–water partition coefficient (Wildman–Crippen LogP) is 2.59. The van der Waals surface area contributed by atoms with E-state index in [1.54, 1.807) is 13.0 Å². The minimum absolute atomic E-state index is 0.113. The van der Waals surface area contributed by atoms with E-state index in [-0.39, 0.29) is 11.8 Å². The van der Waals surface area contributed by atoms with Crippen LogP contribution in [0.15, 0.2) is 23.1 Å². The molecule has 17 heavy (non-hydrogen) atoms. The average Bonchev–Trinajstić information content (AvgIpc) is 2.29. The van der Waals surface area contributed by atoms with Gasteiger partial charge in [0, 0.05) is 6.04 Å². The Kier molecular flexibility index (Phi) is 4.71. The van der Waals surface area contributed by atoms with Crippen LogP contribution in [0, 0.1) is 6.92 Å². The van der Waals surface area contributed by atoms with Crippen molar-refractivity contribution >= 4 is 9.84 Å². The molecule has 0 aliphatic rings. The van der Waals surface area contributed by atoms with Crippen LogP contribution in [0.4, 0.5) is 0 Å². The van der Waals surface area contributed by atoms with Gasteiger partial charge in [0.15, 0.2) is 9.84 Å². The van der Waals surface area contributed by atoms with E-state index in [0.29, 0.717) is 4.90 Å². The molecule has 96 valence electrons. The number of hydrogen-bond acceptors (Lipinski definition) is 3. The molecule has 0 saturated carbocycles. The van der Waals surface area contributed by atoms with Gasteiger partial charge in [0.05, 0.1) is 10.6 Å². The monoisotopic (exact) mass is 255 g/mol. The first-order chi connectivity index (χ1) is 7.92. The summed E-state index contributed by atoms with van der Waals surface area (Å²) in [6.07, 6.45) is 1.75. The van der Waals surface area contributed by atoms with Crippen LogP contribution in [0.3, 0.4) is 0 Å². The Morgan fingerprint density at radius 3 is 2.47 bits per heavy atom. The molecule has 1 aromatic carbocycles. The summed E-state index contributed by atoms with van der Waals surface area (Å²) in [6.45, 7) is 5.65. The van der Waals surface area contributed by atoms with Gasteiger partial charge in [-0.3, -0.25) is 0 Å². The normalized spacial score (nSPS) is 13.6. The summed E-state index contributed by atoms with van der Waals surface area (Å²) >= 11 is 0. The summed E-state index contributed by atoms with van der Waals surface area (Å²) in [7, 11) is -3.19. The second kappa shape index (κ2) is 5.65. The largest absolute Gasteiger partial charge is 0.324 e. The van der Waals surface area contributed by atoms with Gasteiger partial charge in [-0.15, -0.1) is 0 Å². The van der Waals surface area contributed by atoms with E-state index in [0.717, 1.165) is 24.0 Å². The molecule has 3 nitrogen and oxygen atoms in total. The molecule has 0 heterocycles. The Balaban J connectivity index is 3.31. The highest BCUT2D eigenvalue weighted by molar-refractivity contribution is 7.91. The second-order valence-corrected chi connectivity index (χ2v) is 6.59. The molecule has 0 amide bonds. The zero-order valence-corrected chi connectivity index (χ0v) is 11.5. The molecule has 0 saturated heterocycles. The quantitative estimate of drug-likeness (QED) is 0.879. The lowest BCUT2D eigenvalue weighted by Gasteiger charge is -2.16. The summed E-state index contributed by atoms with van der Waals surface area (Å²) in [5.41, 5.74) is 7.86. The SMILES string of the molecule is CCCC(N)c1cc(C)ccc1S(=O)(=O)CC. The molecule has 1 atom stereocenters. The highest BCUT2D eigenvalue weighted by Crippen LogP contribution is 2.26. The van der Waals surface area contributed by atoms with Crippen molar-refractivity contribution in [3.05, 3.63) is 29.3 Å². The predicted molar refractivity (Wildman–Crippen MR) is 70.7 cm³/mol. The van der Waals surface area contributed by atoms with Crippen molar-refractivity contribution in [2.45, 2.75) is 44.6 Å². The Morgan fingerprint density at radius 2 is 1.94 bits per heavy atom. The van der Waals surface area contributed by atoms with Crippen molar-refractivity contribution in [1.29, 1.82) is 0 Å². The molecule has 0 aliphatic carbocycles. The van der Waals surface area contributed by atoms with E-state index in [4.69, 9.17) is 5.73 Å². The molecule has 0 aliphatic heterocycles. The molecule has 4 heteroatoms. The third-order valence-corrected chi connectivity index (χ3v) is 4.68. The molecule has 2 N–H and O–H groups in total. The molecular formula is C13H21NO2S. The lowest BCUT2D eigenvalue weighted by Crippen LogP contribution is -2.16. The van der Waals surface area contributed by atoms with Gasteiger partial charge in [0.1, 0.15) is 0 Å². The maximum Gasteiger partial charge on any atom is 0.178 e. The molecule has 1 rings (SSSR count). The van der Waals surface area contributed by atoms with E-state index < -0.39 is 9.84 Å². The van der Waals surface area contributed by atoms with Gasteiger partial charge in [-0.1, -0.05) is 38.0 Å². The third kappa shape index (κ3) is 3.30. The van der Waals surface area contributed by atoms with E-state index in [2.05, 4.69) is 0 Å². The number of nitrogens with two attached hydrogens (primary N) is 1. The molecule has 0 aromatic heterocycles. The molecular weight excluding hydrogens is 234 g/mol. The summed E-state index contributed by atoms with van der Waals surface area (Å²) in [5.74, 6) is 0.113. The lowest BCUT2D eigenvalue weighted by molar-refractivity contribution is 0.587.